The maximum atomic E-state index is 8.79. The number of halogens is 1. The van der Waals surface area contributed by atoms with Crippen LogP contribution >= 0.6 is 11.6 Å². The van der Waals surface area contributed by atoms with Crippen molar-refractivity contribution in [3.05, 3.63) is 28.8 Å². The summed E-state index contributed by atoms with van der Waals surface area (Å²) in [4.78, 5) is 0. The molecule has 0 saturated carbocycles. The van der Waals surface area contributed by atoms with E-state index in [0.717, 1.165) is 23.6 Å². The van der Waals surface area contributed by atoms with Gasteiger partial charge in [0.15, 0.2) is 0 Å². The summed E-state index contributed by atoms with van der Waals surface area (Å²) in [6.07, 6.45) is 1.77. The summed E-state index contributed by atoms with van der Waals surface area (Å²) in [7, 11) is 0. The second kappa shape index (κ2) is 3.56. The lowest BCUT2D eigenvalue weighted by Crippen LogP contribution is -2.16. The van der Waals surface area contributed by atoms with Crippen LogP contribution in [0.25, 0.3) is 0 Å². The van der Waals surface area contributed by atoms with E-state index in [0.29, 0.717) is 6.04 Å². The highest BCUT2D eigenvalue weighted by atomic mass is 35.5. The van der Waals surface area contributed by atoms with E-state index in [2.05, 4.69) is 5.32 Å². The highest BCUT2D eigenvalue weighted by molar-refractivity contribution is 6.30. The van der Waals surface area contributed by atoms with Crippen LogP contribution in [-0.2, 0) is 6.42 Å². The quantitative estimate of drug-likeness (QED) is 0.761. The Morgan fingerprint density at radius 3 is 3.15 bits per heavy atom. The standard InChI is InChI=1S/C10H12ClNO/c11-8-1-2-10-7(5-8)6-9(12-10)3-4-13/h1-2,5,9,12-13H,3-4,6H2/t9-/m1/s1. The predicted molar refractivity (Wildman–Crippen MR) is 54.3 cm³/mol. The average molecular weight is 198 g/mol. The van der Waals surface area contributed by atoms with Gasteiger partial charge in [0.2, 0.25) is 0 Å². The zero-order valence-electron chi connectivity index (χ0n) is 7.26. The van der Waals surface area contributed by atoms with Gasteiger partial charge in [-0.05, 0) is 36.6 Å². The average Bonchev–Trinajstić information content (AvgIpc) is 2.46. The van der Waals surface area contributed by atoms with Crippen molar-refractivity contribution in [1.29, 1.82) is 0 Å². The zero-order chi connectivity index (χ0) is 9.26. The Kier molecular flexibility index (Phi) is 2.42. The number of benzene rings is 1. The molecule has 0 unspecified atom stereocenters. The molecule has 1 atom stereocenters. The summed E-state index contributed by atoms with van der Waals surface area (Å²) in [5.41, 5.74) is 2.41. The van der Waals surface area contributed by atoms with Gasteiger partial charge >= 0.3 is 0 Å². The number of anilines is 1. The number of fused-ring (bicyclic) bond motifs is 1. The molecule has 2 nitrogen and oxygen atoms in total. The van der Waals surface area contributed by atoms with Crippen LogP contribution in [0.3, 0.4) is 0 Å². The number of aliphatic hydroxyl groups excluding tert-OH is 1. The van der Waals surface area contributed by atoms with Gasteiger partial charge in [-0.25, -0.2) is 0 Å². The molecule has 1 aromatic rings. The number of hydrogen-bond donors (Lipinski definition) is 2. The topological polar surface area (TPSA) is 32.3 Å². The first-order valence-electron chi connectivity index (χ1n) is 4.45. The summed E-state index contributed by atoms with van der Waals surface area (Å²) in [5.74, 6) is 0. The lowest BCUT2D eigenvalue weighted by molar-refractivity contribution is 0.280. The number of nitrogens with one attached hydrogen (secondary N) is 1. The van der Waals surface area contributed by atoms with Gasteiger partial charge in [0.1, 0.15) is 0 Å². The van der Waals surface area contributed by atoms with Crippen LogP contribution in [0.2, 0.25) is 5.02 Å². The van der Waals surface area contributed by atoms with E-state index in [4.69, 9.17) is 16.7 Å². The van der Waals surface area contributed by atoms with E-state index in [1.54, 1.807) is 0 Å². The van der Waals surface area contributed by atoms with Crippen molar-refractivity contribution >= 4 is 17.3 Å². The second-order valence-electron chi connectivity index (χ2n) is 3.36. The van der Waals surface area contributed by atoms with Gasteiger partial charge in [0, 0.05) is 23.4 Å². The van der Waals surface area contributed by atoms with Crippen LogP contribution in [0.1, 0.15) is 12.0 Å². The molecule has 0 aromatic heterocycles. The molecule has 1 aliphatic rings. The molecule has 0 radical (unpaired) electrons. The molecule has 1 aromatic carbocycles. The minimum absolute atomic E-state index is 0.236. The lowest BCUT2D eigenvalue weighted by Gasteiger charge is -2.07. The summed E-state index contributed by atoms with van der Waals surface area (Å²) in [5, 5.41) is 12.9. The van der Waals surface area contributed by atoms with Crippen molar-refractivity contribution in [1.82, 2.24) is 0 Å². The summed E-state index contributed by atoms with van der Waals surface area (Å²) in [6.45, 7) is 0.236. The Labute approximate surface area is 82.5 Å². The molecular weight excluding hydrogens is 186 g/mol. The van der Waals surface area contributed by atoms with E-state index in [9.17, 15) is 0 Å². The predicted octanol–water partition coefficient (Wildman–Crippen LogP) is 2.06. The smallest absolute Gasteiger partial charge is 0.0450 e. The van der Waals surface area contributed by atoms with E-state index in [-0.39, 0.29) is 6.61 Å². The number of aliphatic hydroxyl groups is 1. The molecule has 1 aliphatic heterocycles. The largest absolute Gasteiger partial charge is 0.396 e. The molecule has 1 heterocycles. The van der Waals surface area contributed by atoms with Crippen LogP contribution < -0.4 is 5.32 Å². The van der Waals surface area contributed by atoms with Gasteiger partial charge in [-0.1, -0.05) is 11.6 Å². The van der Waals surface area contributed by atoms with Crippen molar-refractivity contribution in [3.8, 4) is 0 Å². The Balaban J connectivity index is 2.16. The van der Waals surface area contributed by atoms with Crippen LogP contribution in [-0.4, -0.2) is 17.8 Å². The van der Waals surface area contributed by atoms with Crippen molar-refractivity contribution in [3.63, 3.8) is 0 Å². The first-order chi connectivity index (χ1) is 6.29. The molecule has 0 bridgehead atoms. The molecule has 0 aliphatic carbocycles. The first-order valence-corrected chi connectivity index (χ1v) is 4.83. The fraction of sp³-hybridized carbons (Fsp3) is 0.400. The third-order valence-electron chi connectivity index (χ3n) is 2.37. The molecule has 70 valence electrons. The molecule has 13 heavy (non-hydrogen) atoms. The highest BCUT2D eigenvalue weighted by Crippen LogP contribution is 2.29. The molecule has 0 amide bonds. The van der Waals surface area contributed by atoms with Gasteiger partial charge < -0.3 is 10.4 Å². The Bertz CT molecular complexity index is 314. The van der Waals surface area contributed by atoms with Gasteiger partial charge in [0.05, 0.1) is 0 Å². The molecular formula is C10H12ClNO. The summed E-state index contributed by atoms with van der Waals surface area (Å²) >= 11 is 5.87. The van der Waals surface area contributed by atoms with Gasteiger partial charge in [-0.3, -0.25) is 0 Å². The summed E-state index contributed by atoms with van der Waals surface area (Å²) in [6, 6.07) is 6.24. The molecule has 2 N–H and O–H groups in total. The van der Waals surface area contributed by atoms with Crippen molar-refractivity contribution in [2.45, 2.75) is 18.9 Å². The van der Waals surface area contributed by atoms with Gasteiger partial charge in [-0.2, -0.15) is 0 Å². The zero-order valence-corrected chi connectivity index (χ0v) is 8.01. The lowest BCUT2D eigenvalue weighted by atomic mass is 10.1. The third kappa shape index (κ3) is 1.79. The SMILES string of the molecule is OCC[C@@H]1Cc2cc(Cl)ccc2N1. The van der Waals surface area contributed by atoms with E-state index >= 15 is 0 Å². The Hall–Kier alpha value is -0.730. The molecule has 0 fully saturated rings. The minimum atomic E-state index is 0.236. The fourth-order valence-electron chi connectivity index (χ4n) is 1.74. The highest BCUT2D eigenvalue weighted by Gasteiger charge is 2.19. The fourth-order valence-corrected chi connectivity index (χ4v) is 1.93. The Morgan fingerprint density at radius 1 is 1.54 bits per heavy atom. The van der Waals surface area contributed by atoms with Crippen molar-refractivity contribution in [2.75, 3.05) is 11.9 Å². The third-order valence-corrected chi connectivity index (χ3v) is 2.61. The monoisotopic (exact) mass is 197 g/mol. The minimum Gasteiger partial charge on any atom is -0.396 e. The maximum Gasteiger partial charge on any atom is 0.0450 e. The molecule has 2 rings (SSSR count). The van der Waals surface area contributed by atoms with Crippen LogP contribution in [0, 0.1) is 0 Å². The number of rotatable bonds is 2. The van der Waals surface area contributed by atoms with Crippen molar-refractivity contribution in [2.24, 2.45) is 0 Å². The second-order valence-corrected chi connectivity index (χ2v) is 3.80. The molecule has 0 saturated heterocycles. The Morgan fingerprint density at radius 2 is 2.38 bits per heavy atom. The normalized spacial score (nSPS) is 19.7. The first kappa shape index (κ1) is 8.85. The van der Waals surface area contributed by atoms with Crippen LogP contribution in [0.4, 0.5) is 5.69 Å². The van der Waals surface area contributed by atoms with E-state index < -0.39 is 0 Å². The van der Waals surface area contributed by atoms with Crippen LogP contribution in [0.15, 0.2) is 18.2 Å². The van der Waals surface area contributed by atoms with Crippen LogP contribution in [0.5, 0.6) is 0 Å². The van der Waals surface area contributed by atoms with E-state index in [1.165, 1.54) is 5.56 Å². The van der Waals surface area contributed by atoms with Gasteiger partial charge in [-0.15, -0.1) is 0 Å². The van der Waals surface area contributed by atoms with Crippen molar-refractivity contribution < 1.29 is 5.11 Å². The van der Waals surface area contributed by atoms with Gasteiger partial charge in [0.25, 0.3) is 0 Å². The maximum absolute atomic E-state index is 8.79. The number of hydrogen-bond acceptors (Lipinski definition) is 2. The molecule has 3 heteroatoms. The summed E-state index contributed by atoms with van der Waals surface area (Å²) < 4.78 is 0. The van der Waals surface area contributed by atoms with E-state index in [1.807, 2.05) is 18.2 Å². The molecule has 0 spiro atoms.